The number of halogens is 1. The number of rotatable bonds is 6. The Morgan fingerprint density at radius 1 is 1.28 bits per heavy atom. The van der Waals surface area contributed by atoms with Crippen LogP contribution in [0.15, 0.2) is 22.7 Å². The molecule has 134 valence electrons. The Morgan fingerprint density at radius 2 is 2.00 bits per heavy atom. The zero-order valence-electron chi connectivity index (χ0n) is 14.8. The highest BCUT2D eigenvalue weighted by atomic mass is 35.5. The van der Waals surface area contributed by atoms with Crippen molar-refractivity contribution in [3.05, 3.63) is 45.8 Å². The first-order chi connectivity index (χ1) is 11.8. The number of hydrogen-bond donors (Lipinski definition) is 2. The summed E-state index contributed by atoms with van der Waals surface area (Å²) < 4.78 is 5.09. The molecule has 2 rings (SSSR count). The quantitative estimate of drug-likeness (QED) is 0.820. The lowest BCUT2D eigenvalue weighted by Crippen LogP contribution is -2.30. The van der Waals surface area contributed by atoms with Crippen LogP contribution in [0, 0.1) is 13.8 Å². The maximum atomic E-state index is 12.2. The topological polar surface area (TPSA) is 84.2 Å². The molecule has 0 aliphatic rings. The first kappa shape index (κ1) is 19.0. The molecule has 0 spiro atoms. The number of amides is 2. The van der Waals surface area contributed by atoms with Gasteiger partial charge in [0.1, 0.15) is 5.76 Å². The molecule has 1 aromatic heterocycles. The molecule has 0 radical (unpaired) electrons. The van der Waals surface area contributed by atoms with Crippen molar-refractivity contribution in [2.45, 2.75) is 46.6 Å². The monoisotopic (exact) mass is 363 g/mol. The Bertz CT molecular complexity index is 764. The Morgan fingerprint density at radius 3 is 2.60 bits per heavy atom. The third-order valence-corrected chi connectivity index (χ3v) is 4.04. The zero-order valence-corrected chi connectivity index (χ0v) is 15.5. The summed E-state index contributed by atoms with van der Waals surface area (Å²) in [6.45, 7) is 7.43. The molecule has 25 heavy (non-hydrogen) atoms. The van der Waals surface area contributed by atoms with Crippen molar-refractivity contribution >= 4 is 29.1 Å². The number of benzene rings is 1. The van der Waals surface area contributed by atoms with Gasteiger partial charge in [-0.15, -0.1) is 0 Å². The summed E-state index contributed by atoms with van der Waals surface area (Å²) in [5.74, 6) is 0.317. The minimum Gasteiger partial charge on any atom is -0.361 e. The molecule has 0 unspecified atom stereocenters. The fourth-order valence-electron chi connectivity index (χ4n) is 2.42. The zero-order chi connectivity index (χ0) is 18.6. The highest BCUT2D eigenvalue weighted by Crippen LogP contribution is 2.24. The summed E-state index contributed by atoms with van der Waals surface area (Å²) >= 11 is 6.13. The maximum Gasteiger partial charge on any atom is 0.251 e. The summed E-state index contributed by atoms with van der Waals surface area (Å²) in [6, 6.07) is 4.82. The molecule has 0 aliphatic carbocycles. The normalized spacial score (nSPS) is 10.8. The number of aromatic nitrogens is 1. The smallest absolute Gasteiger partial charge is 0.251 e. The number of carbonyl (C=O) groups is 2. The van der Waals surface area contributed by atoms with E-state index in [2.05, 4.69) is 15.8 Å². The van der Waals surface area contributed by atoms with Crippen molar-refractivity contribution in [2.75, 3.05) is 5.32 Å². The summed E-state index contributed by atoms with van der Waals surface area (Å²) in [5, 5.41) is 9.82. The van der Waals surface area contributed by atoms with E-state index >= 15 is 0 Å². The van der Waals surface area contributed by atoms with Crippen LogP contribution < -0.4 is 10.6 Å². The molecule has 0 saturated heterocycles. The van der Waals surface area contributed by atoms with Gasteiger partial charge in [-0.05, 0) is 52.3 Å². The summed E-state index contributed by atoms with van der Waals surface area (Å²) in [5.41, 5.74) is 2.59. The minimum absolute atomic E-state index is 0.0243. The van der Waals surface area contributed by atoms with E-state index in [1.54, 1.807) is 18.2 Å². The predicted molar refractivity (Wildman–Crippen MR) is 97.0 cm³/mol. The van der Waals surface area contributed by atoms with Crippen molar-refractivity contribution in [2.24, 2.45) is 0 Å². The van der Waals surface area contributed by atoms with Crippen molar-refractivity contribution in [3.63, 3.8) is 0 Å². The van der Waals surface area contributed by atoms with Crippen LogP contribution >= 0.6 is 11.6 Å². The van der Waals surface area contributed by atoms with Gasteiger partial charge in [0.15, 0.2) is 0 Å². The van der Waals surface area contributed by atoms with E-state index < -0.39 is 0 Å². The SMILES string of the molecule is Cc1noc(C)c1CCC(=O)Nc1cc(C(=O)NC(C)C)ccc1Cl. The lowest BCUT2D eigenvalue weighted by molar-refractivity contribution is -0.116. The van der Waals surface area contributed by atoms with Crippen LogP contribution in [0.1, 0.15) is 47.6 Å². The average molecular weight is 364 g/mol. The Balaban J connectivity index is 2.03. The number of hydrogen-bond acceptors (Lipinski definition) is 4. The van der Waals surface area contributed by atoms with Gasteiger partial charge in [-0.2, -0.15) is 0 Å². The van der Waals surface area contributed by atoms with E-state index in [4.69, 9.17) is 16.1 Å². The van der Waals surface area contributed by atoms with E-state index in [9.17, 15) is 9.59 Å². The summed E-state index contributed by atoms with van der Waals surface area (Å²) in [7, 11) is 0. The molecule has 2 amide bonds. The standard InChI is InChI=1S/C18H22ClN3O3/c1-10(2)20-18(24)13-5-7-15(19)16(9-13)21-17(23)8-6-14-11(3)22-25-12(14)4/h5,7,9-10H,6,8H2,1-4H3,(H,20,24)(H,21,23). The lowest BCUT2D eigenvalue weighted by Gasteiger charge is -2.11. The van der Waals surface area contributed by atoms with Gasteiger partial charge in [-0.1, -0.05) is 16.8 Å². The molecule has 1 aromatic carbocycles. The molecular weight excluding hydrogens is 342 g/mol. The highest BCUT2D eigenvalue weighted by molar-refractivity contribution is 6.33. The van der Waals surface area contributed by atoms with E-state index in [1.165, 1.54) is 0 Å². The highest BCUT2D eigenvalue weighted by Gasteiger charge is 2.14. The molecule has 1 heterocycles. The van der Waals surface area contributed by atoms with Gasteiger partial charge in [0.05, 0.1) is 16.4 Å². The van der Waals surface area contributed by atoms with Crippen molar-refractivity contribution in [3.8, 4) is 0 Å². The van der Waals surface area contributed by atoms with Crippen LogP contribution in [0.3, 0.4) is 0 Å². The van der Waals surface area contributed by atoms with Crippen LogP contribution in [0.4, 0.5) is 5.69 Å². The van der Waals surface area contributed by atoms with Crippen LogP contribution in [0.25, 0.3) is 0 Å². The fourth-order valence-corrected chi connectivity index (χ4v) is 2.58. The molecule has 6 nitrogen and oxygen atoms in total. The second-order valence-corrected chi connectivity index (χ2v) is 6.58. The minimum atomic E-state index is -0.210. The number of anilines is 1. The molecule has 0 fully saturated rings. The van der Waals surface area contributed by atoms with E-state index in [0.717, 1.165) is 17.0 Å². The Kier molecular flexibility index (Phi) is 6.20. The summed E-state index contributed by atoms with van der Waals surface area (Å²) in [4.78, 5) is 24.3. The second-order valence-electron chi connectivity index (χ2n) is 6.17. The first-order valence-electron chi connectivity index (χ1n) is 8.10. The van der Waals surface area contributed by atoms with E-state index in [0.29, 0.717) is 22.7 Å². The molecule has 0 bridgehead atoms. The molecule has 0 saturated carbocycles. The predicted octanol–water partition coefficient (Wildman–Crippen LogP) is 3.65. The molecule has 2 aromatic rings. The molecule has 0 atom stereocenters. The largest absolute Gasteiger partial charge is 0.361 e. The third kappa shape index (κ3) is 5.06. The molecular formula is C18H22ClN3O3. The summed E-state index contributed by atoms with van der Waals surface area (Å²) in [6.07, 6.45) is 0.791. The van der Waals surface area contributed by atoms with E-state index in [1.807, 2.05) is 27.7 Å². The van der Waals surface area contributed by atoms with Crippen molar-refractivity contribution in [1.29, 1.82) is 0 Å². The number of aryl methyl sites for hydroxylation is 2. The van der Waals surface area contributed by atoms with Gasteiger partial charge in [0.25, 0.3) is 5.91 Å². The van der Waals surface area contributed by atoms with Crippen molar-refractivity contribution in [1.82, 2.24) is 10.5 Å². The Hall–Kier alpha value is -2.34. The van der Waals surface area contributed by atoms with Gasteiger partial charge in [-0.25, -0.2) is 0 Å². The van der Waals surface area contributed by atoms with Crippen molar-refractivity contribution < 1.29 is 14.1 Å². The third-order valence-electron chi connectivity index (χ3n) is 3.71. The molecule has 7 heteroatoms. The average Bonchev–Trinajstić information content (AvgIpc) is 2.85. The Labute approximate surface area is 151 Å². The first-order valence-corrected chi connectivity index (χ1v) is 8.47. The van der Waals surface area contributed by atoms with Gasteiger partial charge in [-0.3, -0.25) is 9.59 Å². The maximum absolute atomic E-state index is 12.2. The van der Waals surface area contributed by atoms with Gasteiger partial charge < -0.3 is 15.2 Å². The molecule has 2 N–H and O–H groups in total. The van der Waals surface area contributed by atoms with Gasteiger partial charge >= 0.3 is 0 Å². The number of nitrogens with zero attached hydrogens (tertiary/aromatic N) is 1. The van der Waals surface area contributed by atoms with Crippen LogP contribution in [0.5, 0.6) is 0 Å². The van der Waals surface area contributed by atoms with E-state index in [-0.39, 0.29) is 24.3 Å². The number of carbonyl (C=O) groups excluding carboxylic acids is 2. The van der Waals surface area contributed by atoms with Crippen LogP contribution in [-0.4, -0.2) is 23.0 Å². The van der Waals surface area contributed by atoms with Crippen LogP contribution in [-0.2, 0) is 11.2 Å². The second kappa shape index (κ2) is 8.16. The van der Waals surface area contributed by atoms with Crippen LogP contribution in [0.2, 0.25) is 5.02 Å². The fraction of sp³-hybridized carbons (Fsp3) is 0.389. The molecule has 0 aliphatic heterocycles. The van der Waals surface area contributed by atoms with Gasteiger partial charge in [0.2, 0.25) is 5.91 Å². The van der Waals surface area contributed by atoms with Gasteiger partial charge in [0, 0.05) is 23.6 Å². The number of nitrogens with one attached hydrogen (secondary N) is 2. The lowest BCUT2D eigenvalue weighted by atomic mass is 10.1.